The molecule has 4 heteroatoms. The van der Waals surface area contributed by atoms with Gasteiger partial charge in [-0.05, 0) is 45.4 Å². The summed E-state index contributed by atoms with van der Waals surface area (Å²) >= 11 is 9.05. The molecule has 2 rings (SSSR count). The number of thiocarbonyl (C=S) groups is 1. The van der Waals surface area contributed by atoms with Crippen molar-refractivity contribution in [2.24, 2.45) is 0 Å². The van der Waals surface area contributed by atoms with Crippen molar-refractivity contribution < 1.29 is 0 Å². The van der Waals surface area contributed by atoms with Crippen molar-refractivity contribution in [2.45, 2.75) is 26.3 Å². The highest BCUT2D eigenvalue weighted by Crippen LogP contribution is 2.45. The monoisotopic (exact) mass is 309 g/mol. The lowest BCUT2D eigenvalue weighted by atomic mass is 9.90. The molecule has 1 aliphatic heterocycles. The van der Waals surface area contributed by atoms with E-state index in [1.807, 2.05) is 0 Å². The second-order valence-corrected chi connectivity index (χ2v) is 7.50. The lowest BCUT2D eigenvalue weighted by Crippen LogP contribution is -2.36. The molecule has 0 spiro atoms. The van der Waals surface area contributed by atoms with Gasteiger partial charge >= 0.3 is 0 Å². The average Bonchev–Trinajstić information content (AvgIpc) is 2.36. The summed E-state index contributed by atoms with van der Waals surface area (Å²) in [6.45, 7) is 6.55. The Balaban J connectivity index is 2.74. The standard InChI is InChI=1S/C15H19NS3/c1-9-6-7-11-10(8-9)12(14(17)19-5)13(18-4)15(2,3)16-11/h6-8,16H,1-5H3. The third kappa shape index (κ3) is 2.71. The van der Waals surface area contributed by atoms with Gasteiger partial charge in [-0.15, -0.1) is 23.5 Å². The van der Waals surface area contributed by atoms with E-state index in [9.17, 15) is 0 Å². The van der Waals surface area contributed by atoms with Gasteiger partial charge in [0.05, 0.1) is 9.74 Å². The number of fused-ring (bicyclic) bond motifs is 1. The van der Waals surface area contributed by atoms with E-state index >= 15 is 0 Å². The zero-order valence-corrected chi connectivity index (χ0v) is 14.4. The van der Waals surface area contributed by atoms with E-state index in [2.05, 4.69) is 56.8 Å². The minimum Gasteiger partial charge on any atom is -0.375 e. The minimum absolute atomic E-state index is 0.0726. The maximum atomic E-state index is 5.60. The molecule has 1 heterocycles. The third-order valence-electron chi connectivity index (χ3n) is 3.28. The summed E-state index contributed by atoms with van der Waals surface area (Å²) in [5.74, 6) is 0. The number of hydrogen-bond acceptors (Lipinski definition) is 4. The third-order valence-corrected chi connectivity index (χ3v) is 5.68. The second-order valence-electron chi connectivity index (χ2n) is 5.20. The van der Waals surface area contributed by atoms with E-state index in [0.717, 1.165) is 4.20 Å². The van der Waals surface area contributed by atoms with E-state index in [-0.39, 0.29) is 5.54 Å². The predicted octanol–water partition coefficient (Wildman–Crippen LogP) is 4.96. The van der Waals surface area contributed by atoms with Crippen LogP contribution in [0.25, 0.3) is 5.57 Å². The molecule has 102 valence electrons. The molecule has 0 aliphatic carbocycles. The van der Waals surface area contributed by atoms with Gasteiger partial charge in [-0.1, -0.05) is 23.8 Å². The molecule has 0 aromatic heterocycles. The minimum atomic E-state index is -0.0726. The normalized spacial score (nSPS) is 16.9. The molecule has 0 radical (unpaired) electrons. The first-order valence-electron chi connectivity index (χ1n) is 6.17. The first-order valence-corrected chi connectivity index (χ1v) is 9.02. The molecule has 1 aromatic rings. The molecule has 1 aliphatic rings. The van der Waals surface area contributed by atoms with Crippen LogP contribution in [0, 0.1) is 6.92 Å². The quantitative estimate of drug-likeness (QED) is 0.774. The van der Waals surface area contributed by atoms with Crippen molar-refractivity contribution in [1.29, 1.82) is 0 Å². The van der Waals surface area contributed by atoms with Gasteiger partial charge in [-0.3, -0.25) is 0 Å². The van der Waals surface area contributed by atoms with Gasteiger partial charge in [0.15, 0.2) is 0 Å². The van der Waals surface area contributed by atoms with Gasteiger partial charge in [0, 0.05) is 21.7 Å². The fourth-order valence-electron chi connectivity index (χ4n) is 2.46. The highest BCUT2D eigenvalue weighted by atomic mass is 32.2. The lowest BCUT2D eigenvalue weighted by molar-refractivity contribution is 0.698. The van der Waals surface area contributed by atoms with Crippen LogP contribution >= 0.6 is 35.7 Å². The first-order chi connectivity index (χ1) is 8.90. The molecule has 19 heavy (non-hydrogen) atoms. The largest absolute Gasteiger partial charge is 0.375 e. The summed E-state index contributed by atoms with van der Waals surface area (Å²) in [5, 5.41) is 3.63. The Morgan fingerprint density at radius 3 is 2.53 bits per heavy atom. The Morgan fingerprint density at radius 1 is 1.26 bits per heavy atom. The smallest absolute Gasteiger partial charge is 0.0791 e. The molecule has 1 N–H and O–H groups in total. The van der Waals surface area contributed by atoms with E-state index in [1.54, 1.807) is 23.5 Å². The highest BCUT2D eigenvalue weighted by Gasteiger charge is 2.33. The predicted molar refractivity (Wildman–Crippen MR) is 95.4 cm³/mol. The summed E-state index contributed by atoms with van der Waals surface area (Å²) in [5.41, 5.74) is 4.85. The lowest BCUT2D eigenvalue weighted by Gasteiger charge is -2.37. The number of thioether (sulfide) groups is 2. The zero-order valence-electron chi connectivity index (χ0n) is 12.0. The number of anilines is 1. The molecular formula is C15H19NS3. The summed E-state index contributed by atoms with van der Waals surface area (Å²) in [7, 11) is 0. The number of aryl methyl sites for hydroxylation is 1. The first kappa shape index (κ1) is 14.9. The fourth-order valence-corrected chi connectivity index (χ4v) is 4.20. The van der Waals surface area contributed by atoms with Crippen molar-refractivity contribution in [3.8, 4) is 0 Å². The van der Waals surface area contributed by atoms with Crippen LogP contribution in [0.2, 0.25) is 0 Å². The topological polar surface area (TPSA) is 12.0 Å². The Morgan fingerprint density at radius 2 is 1.95 bits per heavy atom. The molecule has 0 saturated carbocycles. The SMILES string of the molecule is CSC(=S)C1=C(SC)C(C)(C)Nc2ccc(C)cc21. The van der Waals surface area contributed by atoms with Crippen LogP contribution in [-0.4, -0.2) is 22.2 Å². The maximum absolute atomic E-state index is 5.60. The zero-order chi connectivity index (χ0) is 14.2. The molecule has 1 nitrogen and oxygen atoms in total. The summed E-state index contributed by atoms with van der Waals surface area (Å²) in [6.07, 6.45) is 4.18. The van der Waals surface area contributed by atoms with Crippen molar-refractivity contribution in [2.75, 3.05) is 17.8 Å². The molecule has 0 fully saturated rings. The summed E-state index contributed by atoms with van der Waals surface area (Å²) in [6, 6.07) is 6.53. The molecular weight excluding hydrogens is 290 g/mol. The summed E-state index contributed by atoms with van der Waals surface area (Å²) in [4.78, 5) is 1.32. The Labute approximate surface area is 129 Å². The Hall–Kier alpha value is -0.450. The number of hydrogen-bond donors (Lipinski definition) is 1. The van der Waals surface area contributed by atoms with Crippen LogP contribution in [-0.2, 0) is 0 Å². The van der Waals surface area contributed by atoms with Crippen LogP contribution in [0.5, 0.6) is 0 Å². The van der Waals surface area contributed by atoms with Crippen LogP contribution < -0.4 is 5.32 Å². The van der Waals surface area contributed by atoms with Gasteiger partial charge in [0.1, 0.15) is 0 Å². The van der Waals surface area contributed by atoms with Crippen molar-refractivity contribution in [1.82, 2.24) is 0 Å². The molecule has 1 aromatic carbocycles. The van der Waals surface area contributed by atoms with Gasteiger partial charge in [0.25, 0.3) is 0 Å². The number of benzene rings is 1. The highest BCUT2D eigenvalue weighted by molar-refractivity contribution is 8.24. The van der Waals surface area contributed by atoms with Gasteiger partial charge in [0.2, 0.25) is 0 Å². The summed E-state index contributed by atoms with van der Waals surface area (Å²) < 4.78 is 0.978. The second kappa shape index (κ2) is 5.51. The Bertz CT molecular complexity index is 559. The van der Waals surface area contributed by atoms with Crippen LogP contribution in [0.3, 0.4) is 0 Å². The van der Waals surface area contributed by atoms with Gasteiger partial charge in [-0.2, -0.15) is 0 Å². The molecule has 0 bridgehead atoms. The van der Waals surface area contributed by atoms with Gasteiger partial charge < -0.3 is 5.32 Å². The number of rotatable bonds is 2. The van der Waals surface area contributed by atoms with E-state index < -0.39 is 0 Å². The van der Waals surface area contributed by atoms with Crippen LogP contribution in [0.15, 0.2) is 23.1 Å². The average molecular weight is 310 g/mol. The Kier molecular flexibility index (Phi) is 4.33. The van der Waals surface area contributed by atoms with E-state index in [4.69, 9.17) is 12.2 Å². The molecule has 0 atom stereocenters. The fraction of sp³-hybridized carbons (Fsp3) is 0.400. The van der Waals surface area contributed by atoms with Crippen LogP contribution in [0.4, 0.5) is 5.69 Å². The van der Waals surface area contributed by atoms with Crippen molar-refractivity contribution in [3.05, 3.63) is 34.2 Å². The van der Waals surface area contributed by atoms with Crippen molar-refractivity contribution >= 4 is 51.2 Å². The van der Waals surface area contributed by atoms with E-state index in [0.29, 0.717) is 0 Å². The van der Waals surface area contributed by atoms with Gasteiger partial charge in [-0.25, -0.2) is 0 Å². The number of nitrogens with one attached hydrogen (secondary N) is 1. The maximum Gasteiger partial charge on any atom is 0.0791 e. The van der Waals surface area contributed by atoms with E-state index in [1.165, 1.54) is 27.3 Å². The van der Waals surface area contributed by atoms with Crippen molar-refractivity contribution in [3.63, 3.8) is 0 Å². The molecule has 0 saturated heterocycles. The molecule has 0 unspecified atom stereocenters. The molecule has 0 amide bonds. The van der Waals surface area contributed by atoms with Crippen LogP contribution in [0.1, 0.15) is 25.0 Å².